The smallest absolute Gasteiger partial charge is 0.258 e. The predicted molar refractivity (Wildman–Crippen MR) is 80.3 cm³/mol. The Bertz CT molecular complexity index is 527. The molecule has 0 spiro atoms. The summed E-state index contributed by atoms with van der Waals surface area (Å²) in [6, 6.07) is 3.29. The van der Waals surface area contributed by atoms with Crippen LogP contribution in [-0.2, 0) is 21.3 Å². The Labute approximate surface area is 126 Å². The van der Waals surface area contributed by atoms with Gasteiger partial charge in [0, 0.05) is 32.5 Å². The Balaban J connectivity index is 1.72. The van der Waals surface area contributed by atoms with Crippen LogP contribution in [0.5, 0.6) is 0 Å². The zero-order chi connectivity index (χ0) is 15.1. The minimum Gasteiger partial charge on any atom is -0.381 e. The second-order valence-corrected chi connectivity index (χ2v) is 7.02. The number of hydrogen-bond donors (Lipinski definition) is 2. The van der Waals surface area contributed by atoms with Crippen molar-refractivity contribution in [2.45, 2.75) is 30.8 Å². The first-order chi connectivity index (χ1) is 10.1. The van der Waals surface area contributed by atoms with Crippen molar-refractivity contribution >= 4 is 10.0 Å². The number of pyridine rings is 1. The van der Waals surface area contributed by atoms with Crippen molar-refractivity contribution in [2.24, 2.45) is 5.92 Å². The summed E-state index contributed by atoms with van der Waals surface area (Å²) >= 11 is 0. The van der Waals surface area contributed by atoms with Crippen LogP contribution in [0, 0.1) is 5.92 Å². The minimum atomic E-state index is -3.52. The maximum Gasteiger partial charge on any atom is 0.258 e. The zero-order valence-corrected chi connectivity index (χ0v) is 13.2. The average molecular weight is 313 g/mol. The topological polar surface area (TPSA) is 80.3 Å². The van der Waals surface area contributed by atoms with Crippen molar-refractivity contribution in [2.75, 3.05) is 26.8 Å². The second kappa shape index (κ2) is 7.84. The Morgan fingerprint density at radius 1 is 1.38 bits per heavy atom. The first-order valence-corrected chi connectivity index (χ1v) is 8.77. The summed E-state index contributed by atoms with van der Waals surface area (Å²) in [5.74, 6) is 0.738. The monoisotopic (exact) mass is 313 g/mol. The second-order valence-electron chi connectivity index (χ2n) is 5.30. The molecule has 118 valence electrons. The van der Waals surface area contributed by atoms with Gasteiger partial charge in [0.05, 0.1) is 0 Å². The van der Waals surface area contributed by atoms with Crippen LogP contribution in [0.15, 0.2) is 23.4 Å². The summed E-state index contributed by atoms with van der Waals surface area (Å²) < 4.78 is 32.1. The molecule has 0 bridgehead atoms. The van der Waals surface area contributed by atoms with Crippen LogP contribution in [-0.4, -0.2) is 40.2 Å². The summed E-state index contributed by atoms with van der Waals surface area (Å²) in [5.41, 5.74) is 0.949. The highest BCUT2D eigenvalue weighted by Crippen LogP contribution is 2.28. The van der Waals surface area contributed by atoms with Crippen molar-refractivity contribution in [1.82, 2.24) is 15.0 Å². The highest BCUT2D eigenvalue weighted by atomic mass is 32.2. The molecule has 1 saturated carbocycles. The Hall–Kier alpha value is -1.02. The highest BCUT2D eigenvalue weighted by Gasteiger charge is 2.21. The average Bonchev–Trinajstić information content (AvgIpc) is 3.28. The molecule has 0 amide bonds. The molecule has 2 N–H and O–H groups in total. The molecule has 0 radical (unpaired) electrons. The zero-order valence-electron chi connectivity index (χ0n) is 12.3. The van der Waals surface area contributed by atoms with Gasteiger partial charge in [0.2, 0.25) is 0 Å². The standard InChI is InChI=1S/C14H23N3O3S/c1-15-9-13-5-6-14(16-10-13)21(18,19)17-7-2-8-20-11-12-3-4-12/h5-6,10,12,15,17H,2-4,7-9,11H2,1H3. The lowest BCUT2D eigenvalue weighted by Crippen LogP contribution is -2.26. The molecule has 0 saturated heterocycles. The quantitative estimate of drug-likeness (QED) is 0.627. The first kappa shape index (κ1) is 16.4. The molecule has 1 aromatic heterocycles. The lowest BCUT2D eigenvalue weighted by molar-refractivity contribution is 0.123. The molecule has 6 nitrogen and oxygen atoms in total. The summed E-state index contributed by atoms with van der Waals surface area (Å²) in [6.45, 7) is 2.43. The van der Waals surface area contributed by atoms with Gasteiger partial charge in [-0.05, 0) is 43.9 Å². The molecule has 0 atom stereocenters. The van der Waals surface area contributed by atoms with Crippen LogP contribution in [0.1, 0.15) is 24.8 Å². The molecular formula is C14H23N3O3S. The third-order valence-corrected chi connectivity index (χ3v) is 4.64. The number of nitrogens with one attached hydrogen (secondary N) is 2. The number of sulfonamides is 1. The number of aromatic nitrogens is 1. The van der Waals surface area contributed by atoms with Crippen molar-refractivity contribution in [1.29, 1.82) is 0 Å². The SMILES string of the molecule is CNCc1ccc(S(=O)(=O)NCCCOCC2CC2)nc1. The van der Waals surface area contributed by atoms with Crippen molar-refractivity contribution < 1.29 is 13.2 Å². The van der Waals surface area contributed by atoms with E-state index in [1.165, 1.54) is 18.9 Å². The van der Waals surface area contributed by atoms with E-state index < -0.39 is 10.0 Å². The molecule has 21 heavy (non-hydrogen) atoms. The first-order valence-electron chi connectivity index (χ1n) is 7.29. The molecule has 1 aromatic rings. The van der Waals surface area contributed by atoms with Gasteiger partial charge in [-0.25, -0.2) is 18.1 Å². The van der Waals surface area contributed by atoms with Gasteiger partial charge in [0.15, 0.2) is 5.03 Å². The summed E-state index contributed by atoms with van der Waals surface area (Å²) in [5, 5.41) is 3.05. The van der Waals surface area contributed by atoms with Crippen molar-refractivity contribution in [3.8, 4) is 0 Å². The molecule has 0 aromatic carbocycles. The highest BCUT2D eigenvalue weighted by molar-refractivity contribution is 7.89. The van der Waals surface area contributed by atoms with Crippen LogP contribution in [0.25, 0.3) is 0 Å². The molecule has 1 aliphatic rings. The largest absolute Gasteiger partial charge is 0.381 e. The van der Waals surface area contributed by atoms with E-state index in [4.69, 9.17) is 4.74 Å². The molecule has 1 aliphatic carbocycles. The van der Waals surface area contributed by atoms with Gasteiger partial charge in [0.25, 0.3) is 10.0 Å². The van der Waals surface area contributed by atoms with Gasteiger partial charge in [-0.2, -0.15) is 0 Å². The van der Waals surface area contributed by atoms with E-state index in [1.54, 1.807) is 12.3 Å². The predicted octanol–water partition coefficient (Wildman–Crippen LogP) is 0.896. The fourth-order valence-electron chi connectivity index (χ4n) is 1.87. The van der Waals surface area contributed by atoms with E-state index in [-0.39, 0.29) is 5.03 Å². The Morgan fingerprint density at radius 3 is 2.81 bits per heavy atom. The van der Waals surface area contributed by atoms with Gasteiger partial charge >= 0.3 is 0 Å². The lowest BCUT2D eigenvalue weighted by atomic mass is 10.3. The van der Waals surface area contributed by atoms with Gasteiger partial charge in [-0.15, -0.1) is 0 Å². The maximum atomic E-state index is 12.0. The fourth-order valence-corrected chi connectivity index (χ4v) is 2.87. The molecule has 7 heteroatoms. The van der Waals surface area contributed by atoms with Gasteiger partial charge < -0.3 is 10.1 Å². The van der Waals surface area contributed by atoms with E-state index in [0.717, 1.165) is 18.1 Å². The Kier molecular flexibility index (Phi) is 6.10. The van der Waals surface area contributed by atoms with E-state index in [0.29, 0.717) is 26.1 Å². The molecule has 0 aliphatic heterocycles. The normalized spacial score (nSPS) is 15.3. The third-order valence-electron chi connectivity index (χ3n) is 3.26. The van der Waals surface area contributed by atoms with Gasteiger partial charge in [-0.1, -0.05) is 6.07 Å². The van der Waals surface area contributed by atoms with Gasteiger partial charge in [0.1, 0.15) is 0 Å². The minimum absolute atomic E-state index is 0.0567. The van der Waals surface area contributed by atoms with Crippen LogP contribution in [0.4, 0.5) is 0 Å². The lowest BCUT2D eigenvalue weighted by Gasteiger charge is -2.07. The molecular weight excluding hydrogens is 290 g/mol. The van der Waals surface area contributed by atoms with Gasteiger partial charge in [-0.3, -0.25) is 0 Å². The third kappa shape index (κ3) is 5.70. The molecule has 1 heterocycles. The molecule has 2 rings (SSSR count). The van der Waals surface area contributed by atoms with E-state index in [2.05, 4.69) is 15.0 Å². The van der Waals surface area contributed by atoms with Crippen LogP contribution < -0.4 is 10.0 Å². The van der Waals surface area contributed by atoms with Crippen molar-refractivity contribution in [3.63, 3.8) is 0 Å². The fraction of sp³-hybridized carbons (Fsp3) is 0.643. The summed E-state index contributed by atoms with van der Waals surface area (Å²) in [4.78, 5) is 3.99. The van der Waals surface area contributed by atoms with Crippen LogP contribution >= 0.6 is 0 Å². The number of nitrogens with zero attached hydrogens (tertiary/aromatic N) is 1. The maximum absolute atomic E-state index is 12.0. The number of hydrogen-bond acceptors (Lipinski definition) is 5. The van der Waals surface area contributed by atoms with E-state index in [1.807, 2.05) is 7.05 Å². The van der Waals surface area contributed by atoms with E-state index in [9.17, 15) is 8.42 Å². The van der Waals surface area contributed by atoms with Crippen LogP contribution in [0.2, 0.25) is 0 Å². The molecule has 0 unspecified atom stereocenters. The summed E-state index contributed by atoms with van der Waals surface area (Å²) in [6.07, 6.45) is 4.78. The number of rotatable bonds is 10. The molecule has 1 fully saturated rings. The summed E-state index contributed by atoms with van der Waals surface area (Å²) in [7, 11) is -1.69. The van der Waals surface area contributed by atoms with E-state index >= 15 is 0 Å². The van der Waals surface area contributed by atoms with Crippen molar-refractivity contribution in [3.05, 3.63) is 23.9 Å². The number of ether oxygens (including phenoxy) is 1. The van der Waals surface area contributed by atoms with Crippen LogP contribution in [0.3, 0.4) is 0 Å². The Morgan fingerprint density at radius 2 is 2.19 bits per heavy atom.